The van der Waals surface area contributed by atoms with Crippen molar-refractivity contribution in [3.05, 3.63) is 53.1 Å². The first-order valence-electron chi connectivity index (χ1n) is 8.92. The molecule has 0 aliphatic rings. The summed E-state index contributed by atoms with van der Waals surface area (Å²) in [7, 11) is 3.35. The van der Waals surface area contributed by atoms with Gasteiger partial charge in [-0.3, -0.25) is 0 Å². The quantitative estimate of drug-likeness (QED) is 0.680. The Hall–Kier alpha value is -2.62. The Kier molecular flexibility index (Phi) is 6.96. The first kappa shape index (κ1) is 19.7. The average molecular weight is 355 g/mol. The van der Waals surface area contributed by atoms with E-state index in [1.165, 1.54) is 5.57 Å². The Balaban J connectivity index is 2.35. The van der Waals surface area contributed by atoms with E-state index in [4.69, 9.17) is 19.9 Å². The van der Waals surface area contributed by atoms with Crippen molar-refractivity contribution in [2.45, 2.75) is 27.2 Å². The highest BCUT2D eigenvalue weighted by atomic mass is 16.5. The Bertz CT molecular complexity index is 766. The number of rotatable bonds is 8. The molecule has 0 spiro atoms. The second-order valence-corrected chi connectivity index (χ2v) is 6.46. The summed E-state index contributed by atoms with van der Waals surface area (Å²) in [6.45, 7) is 6.94. The van der Waals surface area contributed by atoms with Crippen molar-refractivity contribution in [3.8, 4) is 17.2 Å². The number of anilines is 1. The van der Waals surface area contributed by atoms with Crippen LogP contribution in [-0.2, 0) is 6.42 Å². The number of nitrogens with two attached hydrogens (primary N) is 1. The minimum absolute atomic E-state index is 0.388. The molecule has 4 nitrogen and oxygen atoms in total. The van der Waals surface area contributed by atoms with Crippen LogP contribution in [-0.4, -0.2) is 20.8 Å². The van der Waals surface area contributed by atoms with Gasteiger partial charge in [0.1, 0.15) is 17.2 Å². The summed E-state index contributed by atoms with van der Waals surface area (Å²) >= 11 is 0. The van der Waals surface area contributed by atoms with Crippen molar-refractivity contribution in [2.75, 3.05) is 26.6 Å². The molecule has 4 heteroatoms. The van der Waals surface area contributed by atoms with Crippen molar-refractivity contribution < 1.29 is 14.2 Å². The smallest absolute Gasteiger partial charge is 0.142 e. The lowest BCUT2D eigenvalue weighted by Crippen LogP contribution is -2.02. The number of methoxy groups -OCH3 is 2. The molecule has 0 saturated carbocycles. The minimum Gasteiger partial charge on any atom is -0.497 e. The summed E-state index contributed by atoms with van der Waals surface area (Å²) in [6, 6.07) is 11.8. The molecule has 0 bridgehead atoms. The second kappa shape index (κ2) is 9.18. The molecule has 0 saturated heterocycles. The van der Waals surface area contributed by atoms with Gasteiger partial charge in [0.2, 0.25) is 0 Å². The van der Waals surface area contributed by atoms with Gasteiger partial charge in [-0.15, -0.1) is 0 Å². The van der Waals surface area contributed by atoms with Crippen LogP contribution in [0.5, 0.6) is 17.2 Å². The van der Waals surface area contributed by atoms with Crippen molar-refractivity contribution in [2.24, 2.45) is 5.92 Å². The number of nitrogen functional groups attached to an aromatic ring is 1. The Morgan fingerprint density at radius 1 is 1.04 bits per heavy atom. The molecular weight excluding hydrogens is 326 g/mol. The largest absolute Gasteiger partial charge is 0.497 e. The fourth-order valence-electron chi connectivity index (χ4n) is 2.80. The lowest BCUT2D eigenvalue weighted by molar-refractivity contribution is 0.342. The van der Waals surface area contributed by atoms with Gasteiger partial charge in [-0.1, -0.05) is 31.6 Å². The molecule has 0 fully saturated rings. The van der Waals surface area contributed by atoms with Crippen LogP contribution >= 0.6 is 0 Å². The van der Waals surface area contributed by atoms with Crippen LogP contribution in [0.4, 0.5) is 5.69 Å². The molecule has 0 heterocycles. The second-order valence-electron chi connectivity index (χ2n) is 6.46. The lowest BCUT2D eigenvalue weighted by atomic mass is 9.93. The van der Waals surface area contributed by atoms with Gasteiger partial charge in [-0.05, 0) is 55.2 Å². The molecule has 0 radical (unpaired) electrons. The zero-order chi connectivity index (χ0) is 19.1. The molecule has 140 valence electrons. The third-order valence-electron chi connectivity index (χ3n) is 4.30. The lowest BCUT2D eigenvalue weighted by Gasteiger charge is -2.15. The summed E-state index contributed by atoms with van der Waals surface area (Å²) in [5.74, 6) is 2.76. The maximum atomic E-state index is 6.11. The van der Waals surface area contributed by atoms with Gasteiger partial charge in [-0.2, -0.15) is 0 Å². The number of hydrogen-bond donors (Lipinski definition) is 1. The number of benzene rings is 2. The van der Waals surface area contributed by atoms with Gasteiger partial charge in [0.25, 0.3) is 0 Å². The Labute approximate surface area is 156 Å². The standard InChI is InChI=1S/C22H29NO3/c1-6-26-22-9-7-16(12-20(22)23)11-17(15(2)3)13-18-14-19(24-4)8-10-21(18)25-5/h7-10,12-15H,6,11,23H2,1-5H3/b17-13+. The van der Waals surface area contributed by atoms with E-state index in [2.05, 4.69) is 26.0 Å². The Morgan fingerprint density at radius 3 is 2.35 bits per heavy atom. The van der Waals surface area contributed by atoms with Gasteiger partial charge in [0, 0.05) is 5.56 Å². The SMILES string of the molecule is CCOc1ccc(C/C(=C\c2cc(OC)ccc2OC)C(C)C)cc1N. The third-order valence-corrected chi connectivity index (χ3v) is 4.30. The summed E-state index contributed by atoms with van der Waals surface area (Å²) in [5, 5.41) is 0. The highest BCUT2D eigenvalue weighted by molar-refractivity contribution is 5.63. The molecule has 26 heavy (non-hydrogen) atoms. The summed E-state index contributed by atoms with van der Waals surface area (Å²) in [6.07, 6.45) is 2.99. The van der Waals surface area contributed by atoms with E-state index in [0.717, 1.165) is 34.8 Å². The fraction of sp³-hybridized carbons (Fsp3) is 0.364. The summed E-state index contributed by atoms with van der Waals surface area (Å²) in [5.41, 5.74) is 10.2. The molecule has 2 rings (SSSR count). The molecule has 0 aliphatic heterocycles. The van der Waals surface area contributed by atoms with Gasteiger partial charge in [-0.25, -0.2) is 0 Å². The zero-order valence-corrected chi connectivity index (χ0v) is 16.3. The Morgan fingerprint density at radius 2 is 1.77 bits per heavy atom. The van der Waals surface area contributed by atoms with Crippen LogP contribution in [0.15, 0.2) is 42.0 Å². The highest BCUT2D eigenvalue weighted by Crippen LogP contribution is 2.30. The normalized spacial score (nSPS) is 11.5. The average Bonchev–Trinajstić information content (AvgIpc) is 2.63. The molecule has 2 N–H and O–H groups in total. The van der Waals surface area contributed by atoms with Crippen molar-refractivity contribution in [1.82, 2.24) is 0 Å². The predicted octanol–water partition coefficient (Wildman–Crippen LogP) is 4.97. The van der Waals surface area contributed by atoms with Crippen LogP contribution in [0.1, 0.15) is 31.9 Å². The summed E-state index contributed by atoms with van der Waals surface area (Å²) < 4.78 is 16.4. The number of hydrogen-bond acceptors (Lipinski definition) is 4. The third kappa shape index (κ3) is 4.94. The van der Waals surface area contributed by atoms with E-state index in [0.29, 0.717) is 18.2 Å². The topological polar surface area (TPSA) is 53.7 Å². The van der Waals surface area contributed by atoms with E-state index < -0.39 is 0 Å². The van der Waals surface area contributed by atoms with Crippen LogP contribution < -0.4 is 19.9 Å². The maximum Gasteiger partial charge on any atom is 0.142 e. The maximum absolute atomic E-state index is 6.11. The van der Waals surface area contributed by atoms with E-state index in [-0.39, 0.29) is 0 Å². The number of allylic oxidation sites excluding steroid dienone is 1. The van der Waals surface area contributed by atoms with Crippen LogP contribution in [0.2, 0.25) is 0 Å². The van der Waals surface area contributed by atoms with E-state index >= 15 is 0 Å². The van der Waals surface area contributed by atoms with Gasteiger partial charge in [0.15, 0.2) is 0 Å². The highest BCUT2D eigenvalue weighted by Gasteiger charge is 2.10. The molecule has 0 aliphatic carbocycles. The van der Waals surface area contributed by atoms with Crippen LogP contribution in [0.25, 0.3) is 6.08 Å². The van der Waals surface area contributed by atoms with Crippen molar-refractivity contribution >= 4 is 11.8 Å². The van der Waals surface area contributed by atoms with Gasteiger partial charge < -0.3 is 19.9 Å². The first-order chi connectivity index (χ1) is 12.5. The van der Waals surface area contributed by atoms with Crippen LogP contribution in [0.3, 0.4) is 0 Å². The zero-order valence-electron chi connectivity index (χ0n) is 16.3. The predicted molar refractivity (Wildman–Crippen MR) is 108 cm³/mol. The van der Waals surface area contributed by atoms with Gasteiger partial charge >= 0.3 is 0 Å². The minimum atomic E-state index is 0.388. The van der Waals surface area contributed by atoms with Crippen molar-refractivity contribution in [3.63, 3.8) is 0 Å². The first-order valence-corrected chi connectivity index (χ1v) is 8.92. The molecule has 0 aromatic heterocycles. The molecule has 0 unspecified atom stereocenters. The number of ether oxygens (including phenoxy) is 3. The molecule has 2 aromatic rings. The molecular formula is C22H29NO3. The fourth-order valence-corrected chi connectivity index (χ4v) is 2.80. The van der Waals surface area contributed by atoms with E-state index in [1.54, 1.807) is 14.2 Å². The van der Waals surface area contributed by atoms with E-state index in [9.17, 15) is 0 Å². The van der Waals surface area contributed by atoms with Crippen molar-refractivity contribution in [1.29, 1.82) is 0 Å². The monoisotopic (exact) mass is 355 g/mol. The molecule has 0 amide bonds. The van der Waals surface area contributed by atoms with Gasteiger partial charge in [0.05, 0.1) is 26.5 Å². The summed E-state index contributed by atoms with van der Waals surface area (Å²) in [4.78, 5) is 0. The van der Waals surface area contributed by atoms with Crippen LogP contribution in [0, 0.1) is 5.92 Å². The molecule has 0 atom stereocenters. The van der Waals surface area contributed by atoms with E-state index in [1.807, 2.05) is 37.3 Å². The molecule has 2 aromatic carbocycles.